The summed E-state index contributed by atoms with van der Waals surface area (Å²) in [7, 11) is 1.53. The van der Waals surface area contributed by atoms with Gasteiger partial charge in [0.15, 0.2) is 5.82 Å². The van der Waals surface area contributed by atoms with Crippen molar-refractivity contribution in [1.82, 2.24) is 15.1 Å². The largest absolute Gasteiger partial charge is 0.496 e. The van der Waals surface area contributed by atoms with Gasteiger partial charge in [0.05, 0.1) is 12.8 Å². The summed E-state index contributed by atoms with van der Waals surface area (Å²) < 4.78 is 18.8. The monoisotopic (exact) mass is 374 g/mol. The number of H-pyrrole nitrogens is 1. The number of amides is 1. The van der Waals surface area contributed by atoms with Crippen molar-refractivity contribution in [3.8, 4) is 17.0 Å². The first kappa shape index (κ1) is 19.4. The van der Waals surface area contributed by atoms with Crippen molar-refractivity contribution in [3.63, 3.8) is 0 Å². The van der Waals surface area contributed by atoms with E-state index in [4.69, 9.17) is 4.74 Å². The summed E-state index contributed by atoms with van der Waals surface area (Å²) >= 11 is 0. The molecule has 0 bridgehead atoms. The van der Waals surface area contributed by atoms with Crippen LogP contribution in [0, 0.1) is 5.82 Å². The predicted molar refractivity (Wildman–Crippen MR) is 103 cm³/mol. The molecule has 0 aliphatic carbocycles. The third-order valence-corrected chi connectivity index (χ3v) is 4.87. The van der Waals surface area contributed by atoms with Gasteiger partial charge in [0, 0.05) is 18.1 Å². The molecule has 3 rings (SSSR count). The quantitative estimate of drug-likeness (QED) is 0.773. The van der Waals surface area contributed by atoms with Gasteiger partial charge in [-0.15, -0.1) is 0 Å². The molecule has 0 spiro atoms. The average Bonchev–Trinajstić information content (AvgIpc) is 2.96. The molecule has 0 radical (unpaired) electrons. The Morgan fingerprint density at radius 1 is 1.26 bits per heavy atom. The maximum absolute atomic E-state index is 13.5. The van der Waals surface area contributed by atoms with E-state index in [1.54, 1.807) is 12.1 Å². The number of carbonyl (C=O) groups is 1. The number of rotatable bonds is 7. The predicted octanol–water partition coefficient (Wildman–Crippen LogP) is 3.82. The first-order chi connectivity index (χ1) is 13.2. The van der Waals surface area contributed by atoms with Crippen molar-refractivity contribution in [1.29, 1.82) is 0 Å². The van der Waals surface area contributed by atoms with E-state index in [9.17, 15) is 9.18 Å². The van der Waals surface area contributed by atoms with Crippen LogP contribution < -0.4 is 10.1 Å². The molecule has 1 aliphatic rings. The van der Waals surface area contributed by atoms with Crippen molar-refractivity contribution in [3.05, 3.63) is 30.1 Å². The molecule has 1 fully saturated rings. The summed E-state index contributed by atoms with van der Waals surface area (Å²) in [6, 6.07) is 5.96. The number of ether oxygens (including phenoxy) is 1. The smallest absolute Gasteiger partial charge is 0.225 e. The molecule has 0 atom stereocenters. The average molecular weight is 374 g/mol. The van der Waals surface area contributed by atoms with Crippen molar-refractivity contribution < 1.29 is 13.9 Å². The lowest BCUT2D eigenvalue weighted by atomic mass is 10.1. The number of anilines is 1. The van der Waals surface area contributed by atoms with Gasteiger partial charge in [-0.2, -0.15) is 5.10 Å². The standard InChI is InChI=1S/C20H27FN4O2/c1-27-18-9-8-15(21)13-16(18)17-14-19(24-23-17)22-20(26)7-6-12-25-10-4-2-3-5-11-25/h8-9,13-14H,2-7,10-12H2,1H3,(H2,22,23,24,26). The van der Waals surface area contributed by atoms with Crippen LogP contribution in [0.15, 0.2) is 24.3 Å². The Kier molecular flexibility index (Phi) is 6.81. The second kappa shape index (κ2) is 9.50. The molecule has 1 saturated heterocycles. The van der Waals surface area contributed by atoms with Crippen molar-refractivity contribution in [2.24, 2.45) is 0 Å². The van der Waals surface area contributed by atoms with Crippen LogP contribution in [0.2, 0.25) is 0 Å². The minimum atomic E-state index is -0.362. The number of likely N-dealkylation sites (tertiary alicyclic amines) is 1. The number of halogens is 1. The third kappa shape index (κ3) is 5.53. The Hall–Kier alpha value is -2.41. The van der Waals surface area contributed by atoms with Crippen molar-refractivity contribution in [2.45, 2.75) is 38.5 Å². The van der Waals surface area contributed by atoms with Gasteiger partial charge in [-0.05, 0) is 57.1 Å². The fourth-order valence-corrected chi connectivity index (χ4v) is 3.44. The van der Waals surface area contributed by atoms with Crippen LogP contribution in [-0.4, -0.2) is 47.7 Å². The summed E-state index contributed by atoms with van der Waals surface area (Å²) in [6.07, 6.45) is 6.43. The molecule has 6 nitrogen and oxygen atoms in total. The van der Waals surface area contributed by atoms with Crippen LogP contribution in [-0.2, 0) is 4.79 Å². The number of carbonyl (C=O) groups excluding carboxylic acids is 1. The Morgan fingerprint density at radius 2 is 2.04 bits per heavy atom. The minimum absolute atomic E-state index is 0.0610. The fraction of sp³-hybridized carbons (Fsp3) is 0.500. The Morgan fingerprint density at radius 3 is 2.78 bits per heavy atom. The van der Waals surface area contributed by atoms with Crippen molar-refractivity contribution in [2.75, 3.05) is 32.1 Å². The Bertz CT molecular complexity index is 754. The number of aromatic amines is 1. The van der Waals surface area contributed by atoms with Gasteiger partial charge < -0.3 is 15.0 Å². The van der Waals surface area contributed by atoms with Crippen LogP contribution in [0.1, 0.15) is 38.5 Å². The molecule has 0 unspecified atom stereocenters. The molecule has 1 amide bonds. The Labute approximate surface area is 159 Å². The highest BCUT2D eigenvalue weighted by atomic mass is 19.1. The SMILES string of the molecule is COc1ccc(F)cc1-c1cc(NC(=O)CCCN2CCCCCC2)n[nH]1. The van der Waals surface area contributed by atoms with Crippen LogP contribution >= 0.6 is 0 Å². The van der Waals surface area contributed by atoms with Crippen LogP contribution in [0.5, 0.6) is 5.75 Å². The normalized spacial score (nSPS) is 15.3. The lowest BCUT2D eigenvalue weighted by Crippen LogP contribution is -2.26. The highest BCUT2D eigenvalue weighted by molar-refractivity contribution is 5.90. The van der Waals surface area contributed by atoms with E-state index in [2.05, 4.69) is 20.4 Å². The summed E-state index contributed by atoms with van der Waals surface area (Å²) in [5.41, 5.74) is 1.15. The molecular formula is C20H27FN4O2. The summed E-state index contributed by atoms with van der Waals surface area (Å²) in [5, 5.41) is 9.73. The van der Waals surface area contributed by atoms with Crippen LogP contribution in [0.25, 0.3) is 11.3 Å². The van der Waals surface area contributed by atoms with Gasteiger partial charge in [0.25, 0.3) is 0 Å². The highest BCUT2D eigenvalue weighted by Crippen LogP contribution is 2.30. The van der Waals surface area contributed by atoms with Gasteiger partial charge in [-0.3, -0.25) is 9.89 Å². The van der Waals surface area contributed by atoms with Gasteiger partial charge in [-0.25, -0.2) is 4.39 Å². The number of nitrogens with one attached hydrogen (secondary N) is 2. The molecule has 2 heterocycles. The van der Waals surface area contributed by atoms with Crippen molar-refractivity contribution >= 4 is 11.7 Å². The van der Waals surface area contributed by atoms with Crippen LogP contribution in [0.4, 0.5) is 10.2 Å². The molecule has 2 N–H and O–H groups in total. The van der Waals surface area contributed by atoms with Gasteiger partial charge >= 0.3 is 0 Å². The Balaban J connectivity index is 1.51. The highest BCUT2D eigenvalue weighted by Gasteiger charge is 2.13. The zero-order valence-electron chi connectivity index (χ0n) is 15.8. The second-order valence-electron chi connectivity index (χ2n) is 6.92. The molecule has 2 aromatic rings. The zero-order chi connectivity index (χ0) is 19.1. The van der Waals surface area contributed by atoms with E-state index in [0.717, 1.165) is 26.1 Å². The molecule has 1 aliphatic heterocycles. The summed E-state index contributed by atoms with van der Waals surface area (Å²) in [6.45, 7) is 3.24. The van der Waals surface area contributed by atoms with Gasteiger partial charge in [0.2, 0.25) is 5.91 Å². The molecule has 27 heavy (non-hydrogen) atoms. The molecule has 1 aromatic carbocycles. The number of aromatic nitrogens is 2. The van der Waals surface area contributed by atoms with E-state index < -0.39 is 0 Å². The number of benzene rings is 1. The van der Waals surface area contributed by atoms with Gasteiger partial charge in [0.1, 0.15) is 11.6 Å². The third-order valence-electron chi connectivity index (χ3n) is 4.87. The van der Waals surface area contributed by atoms with Gasteiger partial charge in [-0.1, -0.05) is 12.8 Å². The summed E-state index contributed by atoms with van der Waals surface area (Å²) in [5.74, 6) is 0.542. The molecule has 0 saturated carbocycles. The van der Waals surface area contributed by atoms with E-state index >= 15 is 0 Å². The molecule has 1 aromatic heterocycles. The fourth-order valence-electron chi connectivity index (χ4n) is 3.44. The van der Waals surface area contributed by atoms with Crippen LogP contribution in [0.3, 0.4) is 0 Å². The number of nitrogens with zero attached hydrogens (tertiary/aromatic N) is 2. The number of methoxy groups -OCH3 is 1. The molecular weight excluding hydrogens is 347 g/mol. The lowest BCUT2D eigenvalue weighted by molar-refractivity contribution is -0.116. The van der Waals surface area contributed by atoms with E-state index in [1.807, 2.05) is 0 Å². The summed E-state index contributed by atoms with van der Waals surface area (Å²) in [4.78, 5) is 14.6. The number of hydrogen-bond donors (Lipinski definition) is 2. The maximum Gasteiger partial charge on any atom is 0.225 e. The number of hydrogen-bond acceptors (Lipinski definition) is 4. The van der Waals surface area contributed by atoms with E-state index in [1.165, 1.54) is 44.9 Å². The topological polar surface area (TPSA) is 70.2 Å². The first-order valence-electron chi connectivity index (χ1n) is 9.57. The first-order valence-corrected chi connectivity index (χ1v) is 9.57. The zero-order valence-corrected chi connectivity index (χ0v) is 15.8. The maximum atomic E-state index is 13.5. The lowest BCUT2D eigenvalue weighted by Gasteiger charge is -2.19. The second-order valence-corrected chi connectivity index (χ2v) is 6.92. The molecule has 146 valence electrons. The molecule has 7 heteroatoms. The van der Waals surface area contributed by atoms with E-state index in [0.29, 0.717) is 29.2 Å². The van der Waals surface area contributed by atoms with E-state index in [-0.39, 0.29) is 11.7 Å². The minimum Gasteiger partial charge on any atom is -0.496 e.